The molecule has 5 nitrogen and oxygen atoms in total. The maximum absolute atomic E-state index is 12.1. The Morgan fingerprint density at radius 1 is 1.28 bits per heavy atom. The minimum Gasteiger partial charge on any atom is -0.251 e. The number of sulfonamides is 1. The van der Waals surface area contributed by atoms with E-state index in [0.717, 1.165) is 19.3 Å². The van der Waals surface area contributed by atoms with E-state index in [1.807, 2.05) is 0 Å². The van der Waals surface area contributed by atoms with Crippen molar-refractivity contribution in [2.45, 2.75) is 44.3 Å². The summed E-state index contributed by atoms with van der Waals surface area (Å²) in [6.45, 7) is 1.74. The van der Waals surface area contributed by atoms with Gasteiger partial charge in [-0.25, -0.2) is 18.4 Å². The molecule has 0 unspecified atom stereocenters. The molecule has 100 valence electrons. The summed E-state index contributed by atoms with van der Waals surface area (Å²) < 4.78 is 26.7. The molecule has 1 saturated carbocycles. The SMILES string of the molecule is Cc1cc(Cl)nc(NS(=O)(=O)C2CCCCC2)n1. The van der Waals surface area contributed by atoms with E-state index >= 15 is 0 Å². The quantitative estimate of drug-likeness (QED) is 0.868. The molecule has 0 spiro atoms. The van der Waals surface area contributed by atoms with Gasteiger partial charge in [-0.05, 0) is 25.8 Å². The van der Waals surface area contributed by atoms with Crippen molar-refractivity contribution in [1.29, 1.82) is 0 Å². The van der Waals surface area contributed by atoms with Gasteiger partial charge in [0.1, 0.15) is 5.15 Å². The second-order valence-electron chi connectivity index (χ2n) is 4.56. The molecule has 7 heteroatoms. The highest BCUT2D eigenvalue weighted by Gasteiger charge is 2.27. The van der Waals surface area contributed by atoms with E-state index in [9.17, 15) is 8.42 Å². The topological polar surface area (TPSA) is 72.0 Å². The predicted molar refractivity (Wildman–Crippen MR) is 71.2 cm³/mol. The third-order valence-corrected chi connectivity index (χ3v) is 5.06. The van der Waals surface area contributed by atoms with Crippen molar-refractivity contribution in [1.82, 2.24) is 9.97 Å². The molecular formula is C11H16ClN3O2S. The van der Waals surface area contributed by atoms with Gasteiger partial charge in [-0.3, -0.25) is 4.72 Å². The third-order valence-electron chi connectivity index (χ3n) is 3.05. The van der Waals surface area contributed by atoms with Crippen molar-refractivity contribution in [2.24, 2.45) is 0 Å². The van der Waals surface area contributed by atoms with Crippen molar-refractivity contribution in [3.63, 3.8) is 0 Å². The molecule has 1 heterocycles. The van der Waals surface area contributed by atoms with Gasteiger partial charge in [0.15, 0.2) is 0 Å². The van der Waals surface area contributed by atoms with Crippen LogP contribution in [0.15, 0.2) is 6.07 Å². The lowest BCUT2D eigenvalue weighted by Gasteiger charge is -2.21. The monoisotopic (exact) mass is 289 g/mol. The number of hydrogen-bond donors (Lipinski definition) is 1. The first-order chi connectivity index (χ1) is 8.47. The van der Waals surface area contributed by atoms with Crippen LogP contribution < -0.4 is 4.72 Å². The molecule has 1 N–H and O–H groups in total. The number of halogens is 1. The van der Waals surface area contributed by atoms with Crippen LogP contribution in [0.1, 0.15) is 37.8 Å². The highest BCUT2D eigenvalue weighted by molar-refractivity contribution is 7.93. The third kappa shape index (κ3) is 3.32. The second-order valence-corrected chi connectivity index (χ2v) is 6.91. The van der Waals surface area contributed by atoms with Crippen LogP contribution in [-0.2, 0) is 10.0 Å². The van der Waals surface area contributed by atoms with E-state index in [1.165, 1.54) is 0 Å². The summed E-state index contributed by atoms with van der Waals surface area (Å²) >= 11 is 5.78. The highest BCUT2D eigenvalue weighted by Crippen LogP contribution is 2.24. The van der Waals surface area contributed by atoms with Crippen molar-refractivity contribution in [2.75, 3.05) is 4.72 Å². The first-order valence-electron chi connectivity index (χ1n) is 6.00. The fourth-order valence-corrected chi connectivity index (χ4v) is 3.87. The molecule has 0 atom stereocenters. The number of rotatable bonds is 3. The Hall–Kier alpha value is -0.880. The zero-order valence-electron chi connectivity index (χ0n) is 10.2. The Labute approximate surface area is 112 Å². The number of aryl methyl sites for hydroxylation is 1. The van der Waals surface area contributed by atoms with Crippen molar-refractivity contribution >= 4 is 27.6 Å². The predicted octanol–water partition coefficient (Wildman–Crippen LogP) is 2.51. The fourth-order valence-electron chi connectivity index (χ4n) is 2.16. The van der Waals surface area contributed by atoms with Crippen LogP contribution in [-0.4, -0.2) is 23.6 Å². The van der Waals surface area contributed by atoms with Crippen LogP contribution in [0.3, 0.4) is 0 Å². The first kappa shape index (κ1) is 13.5. The molecule has 1 aliphatic carbocycles. The van der Waals surface area contributed by atoms with Gasteiger partial charge in [0.2, 0.25) is 16.0 Å². The zero-order valence-corrected chi connectivity index (χ0v) is 11.8. The van der Waals surface area contributed by atoms with Crippen LogP contribution in [0.4, 0.5) is 5.95 Å². The highest BCUT2D eigenvalue weighted by atomic mass is 35.5. The lowest BCUT2D eigenvalue weighted by molar-refractivity contribution is 0.486. The van der Waals surface area contributed by atoms with Gasteiger partial charge in [0.25, 0.3) is 0 Å². The number of nitrogens with zero attached hydrogens (tertiary/aromatic N) is 2. The van der Waals surface area contributed by atoms with Crippen molar-refractivity contribution in [3.05, 3.63) is 16.9 Å². The molecule has 0 radical (unpaired) electrons. The van der Waals surface area contributed by atoms with Gasteiger partial charge in [-0.15, -0.1) is 0 Å². The molecule has 0 bridgehead atoms. The van der Waals surface area contributed by atoms with E-state index in [2.05, 4.69) is 14.7 Å². The van der Waals surface area contributed by atoms with E-state index in [0.29, 0.717) is 18.5 Å². The number of aromatic nitrogens is 2. The van der Waals surface area contributed by atoms with Gasteiger partial charge in [-0.1, -0.05) is 30.9 Å². The lowest BCUT2D eigenvalue weighted by atomic mass is 10.0. The maximum atomic E-state index is 12.1. The summed E-state index contributed by atoms with van der Waals surface area (Å²) in [5, 5.41) is -0.0991. The summed E-state index contributed by atoms with van der Waals surface area (Å²) in [6.07, 6.45) is 4.44. The molecule has 0 aromatic carbocycles. The van der Waals surface area contributed by atoms with Crippen LogP contribution in [0, 0.1) is 6.92 Å². The minimum atomic E-state index is -3.40. The van der Waals surface area contributed by atoms with E-state index in [4.69, 9.17) is 11.6 Å². The molecule has 2 rings (SSSR count). The van der Waals surface area contributed by atoms with E-state index in [-0.39, 0.29) is 16.4 Å². The number of hydrogen-bond acceptors (Lipinski definition) is 4. The van der Waals surface area contributed by atoms with Crippen LogP contribution >= 0.6 is 11.6 Å². The average Bonchev–Trinajstić information content (AvgIpc) is 2.28. The molecule has 18 heavy (non-hydrogen) atoms. The average molecular weight is 290 g/mol. The number of nitrogens with one attached hydrogen (secondary N) is 1. The van der Waals surface area contributed by atoms with Gasteiger partial charge >= 0.3 is 0 Å². The smallest absolute Gasteiger partial charge is 0.238 e. The Balaban J connectivity index is 2.16. The van der Waals surface area contributed by atoms with Crippen LogP contribution in [0.25, 0.3) is 0 Å². The Morgan fingerprint density at radius 2 is 1.94 bits per heavy atom. The molecule has 0 amide bonds. The van der Waals surface area contributed by atoms with Crippen molar-refractivity contribution < 1.29 is 8.42 Å². The summed E-state index contributed by atoms with van der Waals surface area (Å²) in [4.78, 5) is 7.91. The Morgan fingerprint density at radius 3 is 2.56 bits per heavy atom. The Bertz CT molecular complexity index is 507. The Kier molecular flexibility index (Phi) is 4.07. The fraction of sp³-hybridized carbons (Fsp3) is 0.636. The summed E-state index contributed by atoms with van der Waals surface area (Å²) in [5.74, 6) is 0.0607. The minimum absolute atomic E-state index is 0.0607. The maximum Gasteiger partial charge on any atom is 0.238 e. The summed E-state index contributed by atoms with van der Waals surface area (Å²) in [7, 11) is -3.40. The zero-order chi connectivity index (χ0) is 13.2. The summed E-state index contributed by atoms with van der Waals surface area (Å²) in [5.41, 5.74) is 0.636. The summed E-state index contributed by atoms with van der Waals surface area (Å²) in [6, 6.07) is 1.58. The van der Waals surface area contributed by atoms with E-state index < -0.39 is 10.0 Å². The van der Waals surface area contributed by atoms with Crippen LogP contribution in [0.2, 0.25) is 5.15 Å². The van der Waals surface area contributed by atoms with Crippen LogP contribution in [0.5, 0.6) is 0 Å². The molecule has 1 aromatic heterocycles. The normalized spacial score (nSPS) is 17.7. The van der Waals surface area contributed by atoms with Gasteiger partial charge in [0.05, 0.1) is 5.25 Å². The molecule has 1 fully saturated rings. The van der Waals surface area contributed by atoms with E-state index in [1.54, 1.807) is 13.0 Å². The van der Waals surface area contributed by atoms with Gasteiger partial charge < -0.3 is 0 Å². The van der Waals surface area contributed by atoms with Gasteiger partial charge in [0, 0.05) is 5.69 Å². The molecule has 1 aromatic rings. The lowest BCUT2D eigenvalue weighted by Crippen LogP contribution is -2.30. The molecule has 0 saturated heterocycles. The molecule has 1 aliphatic rings. The molecular weight excluding hydrogens is 274 g/mol. The first-order valence-corrected chi connectivity index (χ1v) is 7.92. The second kappa shape index (κ2) is 5.40. The molecule has 0 aliphatic heterocycles. The van der Waals surface area contributed by atoms with Crippen molar-refractivity contribution in [3.8, 4) is 0 Å². The largest absolute Gasteiger partial charge is 0.251 e. The van der Waals surface area contributed by atoms with Gasteiger partial charge in [-0.2, -0.15) is 0 Å². The standard InChI is InChI=1S/C11H16ClN3O2S/c1-8-7-10(12)14-11(13-8)15-18(16,17)9-5-3-2-4-6-9/h7,9H,2-6H2,1H3,(H,13,14,15). The number of anilines is 1.